The Morgan fingerprint density at radius 3 is 2.77 bits per heavy atom. The predicted molar refractivity (Wildman–Crippen MR) is 77.2 cm³/mol. The van der Waals surface area contributed by atoms with Crippen LogP contribution in [0, 0.1) is 17.8 Å². The van der Waals surface area contributed by atoms with Gasteiger partial charge >= 0.3 is 5.97 Å². The molecule has 22 heavy (non-hydrogen) atoms. The van der Waals surface area contributed by atoms with E-state index in [0.717, 1.165) is 31.5 Å². The molecule has 0 radical (unpaired) electrons. The number of nitrogens with zero attached hydrogens (tertiary/aromatic N) is 2. The molecule has 1 amide bonds. The van der Waals surface area contributed by atoms with Crippen molar-refractivity contribution in [2.24, 2.45) is 17.8 Å². The van der Waals surface area contributed by atoms with Crippen LogP contribution in [0.2, 0.25) is 0 Å². The van der Waals surface area contributed by atoms with Gasteiger partial charge in [0.25, 0.3) is 5.91 Å². The van der Waals surface area contributed by atoms with E-state index < -0.39 is 5.97 Å². The minimum atomic E-state index is -0.704. The average Bonchev–Trinajstić information content (AvgIpc) is 3.28. The van der Waals surface area contributed by atoms with Gasteiger partial charge in [-0.1, -0.05) is 0 Å². The van der Waals surface area contributed by atoms with Crippen molar-refractivity contribution in [3.8, 4) is 0 Å². The minimum Gasteiger partial charge on any atom is -0.481 e. The second-order valence-electron chi connectivity index (χ2n) is 6.82. The molecule has 1 heterocycles. The van der Waals surface area contributed by atoms with Gasteiger partial charge in [0.1, 0.15) is 11.5 Å². The lowest BCUT2D eigenvalue weighted by atomic mass is 9.71. The molecule has 4 atom stereocenters. The summed E-state index contributed by atoms with van der Waals surface area (Å²) in [5, 5.41) is 12.1. The first-order valence-corrected chi connectivity index (χ1v) is 7.98. The van der Waals surface area contributed by atoms with Gasteiger partial charge in [0.05, 0.1) is 5.92 Å². The highest BCUT2D eigenvalue weighted by Crippen LogP contribution is 2.49. The van der Waals surface area contributed by atoms with E-state index in [1.165, 1.54) is 0 Å². The third kappa shape index (κ3) is 2.36. The zero-order valence-electron chi connectivity index (χ0n) is 12.2. The number of amides is 1. The topological polar surface area (TPSA) is 92.2 Å². The number of aromatic nitrogens is 2. The molecular weight excluding hydrogens is 282 g/mol. The molecule has 3 aliphatic rings. The molecule has 1 aromatic heterocycles. The van der Waals surface area contributed by atoms with Crippen LogP contribution in [-0.2, 0) is 4.79 Å². The number of fused-ring (bicyclic) bond motifs is 1. The number of nitrogens with one attached hydrogen (secondary N) is 1. The number of carbonyl (C=O) groups excluding carboxylic acids is 1. The van der Waals surface area contributed by atoms with Gasteiger partial charge in [-0.15, -0.1) is 0 Å². The average molecular weight is 301 g/mol. The highest BCUT2D eigenvalue weighted by atomic mass is 16.4. The van der Waals surface area contributed by atoms with E-state index in [2.05, 4.69) is 15.3 Å². The summed E-state index contributed by atoms with van der Waals surface area (Å²) in [5.74, 6) is 0.861. The molecule has 0 aromatic carbocycles. The Bertz CT molecular complexity index is 629. The van der Waals surface area contributed by atoms with Gasteiger partial charge in [0, 0.05) is 18.2 Å². The van der Waals surface area contributed by atoms with Crippen LogP contribution >= 0.6 is 0 Å². The van der Waals surface area contributed by atoms with Crippen molar-refractivity contribution >= 4 is 11.9 Å². The maximum Gasteiger partial charge on any atom is 0.306 e. The molecule has 6 heteroatoms. The van der Waals surface area contributed by atoms with E-state index in [1.807, 2.05) is 0 Å². The quantitative estimate of drug-likeness (QED) is 0.881. The lowest BCUT2D eigenvalue weighted by Gasteiger charge is -2.40. The number of rotatable bonds is 4. The number of carbonyl (C=O) groups is 2. The molecule has 0 aliphatic heterocycles. The number of hydrogen-bond donors (Lipinski definition) is 2. The van der Waals surface area contributed by atoms with E-state index in [4.69, 9.17) is 5.11 Å². The van der Waals surface area contributed by atoms with Gasteiger partial charge in [-0.25, -0.2) is 9.97 Å². The van der Waals surface area contributed by atoms with Gasteiger partial charge in [-0.2, -0.15) is 0 Å². The molecule has 0 bridgehead atoms. The largest absolute Gasteiger partial charge is 0.481 e. The van der Waals surface area contributed by atoms with E-state index in [-0.39, 0.29) is 17.9 Å². The fraction of sp³-hybridized carbons (Fsp3) is 0.625. The van der Waals surface area contributed by atoms with Crippen LogP contribution in [-0.4, -0.2) is 33.0 Å². The summed E-state index contributed by atoms with van der Waals surface area (Å²) in [6, 6.07) is 1.74. The Morgan fingerprint density at radius 1 is 1.23 bits per heavy atom. The normalized spacial score (nSPS) is 32.9. The summed E-state index contributed by atoms with van der Waals surface area (Å²) >= 11 is 0. The number of carboxylic acids is 1. The van der Waals surface area contributed by atoms with Crippen LogP contribution in [0.15, 0.2) is 12.3 Å². The summed E-state index contributed by atoms with van der Waals surface area (Å²) in [4.78, 5) is 32.0. The van der Waals surface area contributed by atoms with E-state index in [9.17, 15) is 9.59 Å². The second-order valence-corrected chi connectivity index (χ2v) is 6.82. The zero-order valence-corrected chi connectivity index (χ0v) is 12.2. The lowest BCUT2D eigenvalue weighted by molar-refractivity contribution is -0.141. The van der Waals surface area contributed by atoms with Crippen molar-refractivity contribution in [3.63, 3.8) is 0 Å². The Labute approximate surface area is 128 Å². The van der Waals surface area contributed by atoms with Crippen LogP contribution in [0.3, 0.4) is 0 Å². The highest BCUT2D eigenvalue weighted by molar-refractivity contribution is 5.92. The lowest BCUT2D eigenvalue weighted by Crippen LogP contribution is -2.50. The molecule has 1 unspecified atom stereocenters. The molecule has 116 valence electrons. The van der Waals surface area contributed by atoms with Crippen LogP contribution in [0.4, 0.5) is 0 Å². The van der Waals surface area contributed by atoms with Crippen LogP contribution < -0.4 is 5.32 Å². The molecule has 6 nitrogen and oxygen atoms in total. The maximum absolute atomic E-state index is 12.3. The molecule has 0 spiro atoms. The zero-order chi connectivity index (χ0) is 15.3. The van der Waals surface area contributed by atoms with Crippen molar-refractivity contribution in [1.29, 1.82) is 0 Å². The summed E-state index contributed by atoms with van der Waals surface area (Å²) in [6.07, 6.45) is 6.19. The van der Waals surface area contributed by atoms with E-state index in [0.29, 0.717) is 29.9 Å². The Morgan fingerprint density at radius 2 is 2.05 bits per heavy atom. The monoisotopic (exact) mass is 301 g/mol. The predicted octanol–water partition coefficient (Wildman–Crippen LogP) is 1.58. The number of hydrogen-bond acceptors (Lipinski definition) is 4. The molecule has 1 aromatic rings. The van der Waals surface area contributed by atoms with Crippen LogP contribution in [0.5, 0.6) is 0 Å². The summed E-state index contributed by atoms with van der Waals surface area (Å²) in [7, 11) is 0. The Kier molecular flexibility index (Phi) is 3.13. The summed E-state index contributed by atoms with van der Waals surface area (Å²) in [5.41, 5.74) is 0.424. The van der Waals surface area contributed by atoms with Gasteiger partial charge < -0.3 is 10.4 Å². The van der Waals surface area contributed by atoms with Crippen molar-refractivity contribution in [3.05, 3.63) is 23.8 Å². The Balaban J connectivity index is 1.39. The van der Waals surface area contributed by atoms with E-state index in [1.54, 1.807) is 12.3 Å². The standard InChI is InChI=1S/C16H19N3O3/c20-15(12-3-4-17-14(18-12)8-1-2-8)19-13-7-9-5-10(16(21)22)6-11(9)13/h3-4,8-11,13H,1-2,5-7H2,(H,19,20)(H,21,22)/t9-,10?,11-,13-/m1/s1. The molecule has 3 aliphatic carbocycles. The van der Waals surface area contributed by atoms with Gasteiger partial charge in [-0.05, 0) is 50.0 Å². The smallest absolute Gasteiger partial charge is 0.306 e. The first kappa shape index (κ1) is 13.7. The van der Waals surface area contributed by atoms with Crippen LogP contribution in [0.25, 0.3) is 0 Å². The number of aliphatic carboxylic acids is 1. The molecule has 2 N–H and O–H groups in total. The number of carboxylic acid groups (broad SMARTS) is 1. The third-order valence-corrected chi connectivity index (χ3v) is 5.34. The maximum atomic E-state index is 12.3. The van der Waals surface area contributed by atoms with Crippen molar-refractivity contribution in [2.45, 2.75) is 44.1 Å². The third-order valence-electron chi connectivity index (χ3n) is 5.34. The van der Waals surface area contributed by atoms with Crippen molar-refractivity contribution < 1.29 is 14.7 Å². The molecule has 4 rings (SSSR count). The fourth-order valence-electron chi connectivity index (χ4n) is 3.87. The van der Waals surface area contributed by atoms with Crippen LogP contribution in [0.1, 0.15) is 54.3 Å². The molecule has 3 fully saturated rings. The fourth-order valence-corrected chi connectivity index (χ4v) is 3.87. The second kappa shape index (κ2) is 5.04. The molecule has 0 saturated heterocycles. The Hall–Kier alpha value is -1.98. The first-order valence-electron chi connectivity index (χ1n) is 7.98. The van der Waals surface area contributed by atoms with Gasteiger partial charge in [0.15, 0.2) is 0 Å². The first-order chi connectivity index (χ1) is 10.6. The molecular formula is C16H19N3O3. The van der Waals surface area contributed by atoms with Crippen molar-refractivity contribution in [1.82, 2.24) is 15.3 Å². The van der Waals surface area contributed by atoms with E-state index >= 15 is 0 Å². The minimum absolute atomic E-state index is 0.0983. The van der Waals surface area contributed by atoms with Crippen molar-refractivity contribution in [2.75, 3.05) is 0 Å². The molecule has 3 saturated carbocycles. The highest BCUT2D eigenvalue weighted by Gasteiger charge is 2.50. The summed E-state index contributed by atoms with van der Waals surface area (Å²) in [6.45, 7) is 0. The SMILES string of the molecule is O=C(N[C@@H]1C[C@H]2CC(C(=O)O)C[C@H]21)c1ccnc(C2CC2)n1. The van der Waals surface area contributed by atoms with Gasteiger partial charge in [0.2, 0.25) is 0 Å². The summed E-state index contributed by atoms with van der Waals surface area (Å²) < 4.78 is 0. The van der Waals surface area contributed by atoms with Gasteiger partial charge in [-0.3, -0.25) is 9.59 Å².